The van der Waals surface area contributed by atoms with E-state index in [9.17, 15) is 0 Å². The molecular weight excluding hydrogens is 477 g/mol. The molecule has 4 fully saturated rings. The molecule has 0 saturated heterocycles. The van der Waals surface area contributed by atoms with E-state index < -0.39 is 15.2 Å². The smallest absolute Gasteiger partial charge is 0.0448 e. The van der Waals surface area contributed by atoms with E-state index in [2.05, 4.69) is 75.6 Å². The first kappa shape index (κ1) is 26.4. The van der Waals surface area contributed by atoms with Crippen molar-refractivity contribution in [3.05, 3.63) is 48.0 Å². The van der Waals surface area contributed by atoms with Crippen molar-refractivity contribution in [3.8, 4) is 0 Å². The van der Waals surface area contributed by atoms with Gasteiger partial charge >= 0.3 is 0 Å². The number of benzene rings is 2. The lowest BCUT2D eigenvalue weighted by Crippen LogP contribution is -2.61. The molecule has 0 N–H and O–H groups in total. The first-order valence-corrected chi connectivity index (χ1v) is 23.5. The molecule has 0 heterocycles. The fourth-order valence-corrected chi connectivity index (χ4v) is 24.8. The molecule has 0 aromatic heterocycles. The molecule has 8 atom stereocenters. The minimum Gasteiger partial charge on any atom is -0.0711 e. The van der Waals surface area contributed by atoms with Gasteiger partial charge in [-0.05, 0) is 82.2 Å². The van der Waals surface area contributed by atoms with Gasteiger partial charge < -0.3 is 0 Å². The summed E-state index contributed by atoms with van der Waals surface area (Å²) in [6.07, 6.45) is 18.3. The zero-order valence-electron chi connectivity index (χ0n) is 24.6. The van der Waals surface area contributed by atoms with Crippen LogP contribution in [0.3, 0.4) is 0 Å². The van der Waals surface area contributed by atoms with Crippen molar-refractivity contribution >= 4 is 26.0 Å². The van der Waals surface area contributed by atoms with Crippen LogP contribution in [0.25, 0.3) is 10.8 Å². The maximum atomic E-state index is 2.92. The molecule has 0 amide bonds. The van der Waals surface area contributed by atoms with Crippen molar-refractivity contribution in [1.29, 1.82) is 0 Å². The van der Waals surface area contributed by atoms with E-state index in [1.165, 1.54) is 50.3 Å². The lowest BCUT2D eigenvalue weighted by atomic mass is 9.61. The Balaban J connectivity index is 1.30. The second-order valence-electron chi connectivity index (χ2n) is 15.2. The highest BCUT2D eigenvalue weighted by molar-refractivity contribution is 7.41. The summed E-state index contributed by atoms with van der Waals surface area (Å²) in [6.45, 7) is 14.0. The third-order valence-corrected chi connectivity index (χ3v) is 34.1. The van der Waals surface area contributed by atoms with Crippen LogP contribution >= 0.6 is 0 Å². The molecule has 0 bridgehead atoms. The molecule has 0 nitrogen and oxygen atoms in total. The normalized spacial score (nSPS) is 36.1. The van der Waals surface area contributed by atoms with Gasteiger partial charge in [0, 0.05) is 15.2 Å². The van der Waals surface area contributed by atoms with E-state index in [0.29, 0.717) is 0 Å². The number of hydrogen-bond acceptors (Lipinski definition) is 0. The van der Waals surface area contributed by atoms with Crippen LogP contribution in [0.1, 0.15) is 95.5 Å². The van der Waals surface area contributed by atoms with Crippen LogP contribution in [0.5, 0.6) is 0 Å². The average molecular weight is 531 g/mol. The van der Waals surface area contributed by atoms with Crippen molar-refractivity contribution in [1.82, 2.24) is 0 Å². The Morgan fingerprint density at radius 2 is 1.54 bits per heavy atom. The summed E-state index contributed by atoms with van der Waals surface area (Å²) in [4.78, 5) is 0. The molecule has 6 rings (SSSR count). The summed E-state index contributed by atoms with van der Waals surface area (Å²) in [5.41, 5.74) is 3.94. The van der Waals surface area contributed by atoms with Gasteiger partial charge in [-0.3, -0.25) is 0 Å². The largest absolute Gasteiger partial charge is 0.0711 e. The number of hydrogen-bond donors (Lipinski definition) is 0. The van der Waals surface area contributed by atoms with Gasteiger partial charge in [0.15, 0.2) is 0 Å². The summed E-state index contributed by atoms with van der Waals surface area (Å²) >= 11 is 0. The highest BCUT2D eigenvalue weighted by Crippen LogP contribution is 2.65. The van der Waals surface area contributed by atoms with Crippen molar-refractivity contribution in [2.45, 2.75) is 127 Å². The second-order valence-corrected chi connectivity index (χ2v) is 31.3. The first-order valence-electron chi connectivity index (χ1n) is 16.3. The minimum atomic E-state index is -1.32. The lowest BCUT2D eigenvalue weighted by molar-refractivity contribution is 0.122. The second kappa shape index (κ2) is 10.3. The Morgan fingerprint density at radius 1 is 0.730 bits per heavy atom. The van der Waals surface area contributed by atoms with Crippen molar-refractivity contribution in [2.75, 3.05) is 0 Å². The average Bonchev–Trinajstić information content (AvgIpc) is 3.65. The van der Waals surface area contributed by atoms with E-state index in [1.54, 1.807) is 43.1 Å². The maximum absolute atomic E-state index is 2.92. The van der Waals surface area contributed by atoms with Crippen LogP contribution in [0.4, 0.5) is 0 Å². The van der Waals surface area contributed by atoms with Crippen LogP contribution in [0.2, 0.25) is 37.3 Å². The van der Waals surface area contributed by atoms with Crippen LogP contribution in [0.15, 0.2) is 42.5 Å². The third-order valence-electron chi connectivity index (χ3n) is 13.4. The van der Waals surface area contributed by atoms with Gasteiger partial charge in [-0.25, -0.2) is 0 Å². The van der Waals surface area contributed by atoms with Gasteiger partial charge in [0.05, 0.1) is 0 Å². The molecular formula is C35H54Si2. The minimum absolute atomic E-state index is 0.821. The van der Waals surface area contributed by atoms with Gasteiger partial charge in [-0.2, -0.15) is 0 Å². The molecule has 0 radical (unpaired) electrons. The molecule has 0 aliphatic heterocycles. The van der Waals surface area contributed by atoms with E-state index in [-0.39, 0.29) is 0 Å². The Labute approximate surface area is 230 Å². The summed E-state index contributed by atoms with van der Waals surface area (Å²) in [5.74, 6) is 5.81. The molecule has 2 aromatic carbocycles. The van der Waals surface area contributed by atoms with Gasteiger partial charge in [0.25, 0.3) is 0 Å². The molecule has 37 heavy (non-hydrogen) atoms. The Bertz CT molecular complexity index is 1080. The quantitative estimate of drug-likeness (QED) is 0.312. The zero-order chi connectivity index (χ0) is 25.8. The van der Waals surface area contributed by atoms with E-state index in [4.69, 9.17) is 0 Å². The highest BCUT2D eigenvalue weighted by Gasteiger charge is 2.59. The number of rotatable bonds is 7. The summed E-state index contributed by atoms with van der Waals surface area (Å²) in [6, 6.07) is 16.6. The van der Waals surface area contributed by atoms with Gasteiger partial charge in [-0.1, -0.05) is 133 Å². The Hall–Kier alpha value is -0.866. The third kappa shape index (κ3) is 4.45. The van der Waals surface area contributed by atoms with Crippen LogP contribution < -0.4 is 0 Å². The predicted octanol–water partition coefficient (Wildman–Crippen LogP) is 11.0. The summed E-state index contributed by atoms with van der Waals surface area (Å²) in [5, 5.41) is 3.04. The van der Waals surface area contributed by atoms with Crippen molar-refractivity contribution in [3.63, 3.8) is 0 Å². The summed E-state index contributed by atoms with van der Waals surface area (Å²) in [7, 11) is -2.58. The molecule has 202 valence electrons. The highest BCUT2D eigenvalue weighted by atomic mass is 29.3. The molecule has 4 aliphatic carbocycles. The predicted molar refractivity (Wildman–Crippen MR) is 168 cm³/mol. The van der Waals surface area contributed by atoms with E-state index >= 15 is 0 Å². The Morgan fingerprint density at radius 3 is 2.38 bits per heavy atom. The van der Waals surface area contributed by atoms with E-state index in [1.807, 2.05) is 0 Å². The molecule has 8 unspecified atom stereocenters. The van der Waals surface area contributed by atoms with Crippen molar-refractivity contribution in [2.24, 2.45) is 29.6 Å². The lowest BCUT2D eigenvalue weighted by Gasteiger charge is -2.52. The van der Waals surface area contributed by atoms with E-state index in [0.717, 1.165) is 46.6 Å². The molecule has 4 saturated carbocycles. The Kier molecular flexibility index (Phi) is 7.32. The monoisotopic (exact) mass is 530 g/mol. The fourth-order valence-electron chi connectivity index (χ4n) is 10.8. The van der Waals surface area contributed by atoms with Crippen LogP contribution in [0, 0.1) is 29.6 Å². The zero-order valence-corrected chi connectivity index (χ0v) is 26.6. The molecule has 4 aliphatic rings. The van der Waals surface area contributed by atoms with Gasteiger partial charge in [0.1, 0.15) is 0 Å². The molecule has 2 heteroatoms. The maximum Gasteiger partial charge on any atom is 0.0448 e. The molecule has 2 aromatic rings. The van der Waals surface area contributed by atoms with Gasteiger partial charge in [0.2, 0.25) is 0 Å². The van der Waals surface area contributed by atoms with Crippen LogP contribution in [-0.4, -0.2) is 15.2 Å². The fraction of sp³-hybridized carbons (Fsp3) is 0.714. The first-order chi connectivity index (χ1) is 17.8. The number of unbranched alkanes of at least 4 members (excludes halogenated alkanes) is 1. The summed E-state index contributed by atoms with van der Waals surface area (Å²) < 4.78 is 0. The number of fused-ring (bicyclic) bond motifs is 3. The SMILES string of the molecule is CCCCC1CCC([Si](C)(C)[Si](C)(C)C2CCC3C2CC2CCCC2C3c2cccc3ccccc23)C1. The topological polar surface area (TPSA) is 0 Å². The standard InChI is InChI=1S/C35H54Si2/c1-6-7-12-25-19-20-28(23-25)36(2,3)37(4,5)34-22-21-32-33(34)24-27-15-11-17-30(27)35(32)31-18-10-14-26-13-8-9-16-29(26)31/h8-10,13-14,16,18,25,27-28,30,32-35H,6-7,11-12,15,17,19-24H2,1-5H3. The van der Waals surface area contributed by atoms with Crippen LogP contribution in [-0.2, 0) is 0 Å². The van der Waals surface area contributed by atoms with Crippen molar-refractivity contribution < 1.29 is 0 Å². The van der Waals surface area contributed by atoms with Gasteiger partial charge in [-0.15, -0.1) is 0 Å². The molecule has 0 spiro atoms.